The van der Waals surface area contributed by atoms with Crippen molar-refractivity contribution in [1.82, 2.24) is 15.3 Å². The van der Waals surface area contributed by atoms with Crippen molar-refractivity contribution in [1.29, 1.82) is 0 Å². The van der Waals surface area contributed by atoms with Crippen LogP contribution in [-0.4, -0.2) is 45.4 Å². The van der Waals surface area contributed by atoms with Crippen molar-refractivity contribution in [2.45, 2.75) is 13.0 Å². The monoisotopic (exact) mass is 250 g/mol. The normalized spacial score (nSPS) is 19.6. The number of rotatable bonds is 2. The van der Waals surface area contributed by atoms with Gasteiger partial charge < -0.3 is 10.0 Å². The molecule has 0 bridgehead atoms. The van der Waals surface area contributed by atoms with Gasteiger partial charge in [0.05, 0.1) is 18.9 Å². The van der Waals surface area contributed by atoms with E-state index in [0.29, 0.717) is 0 Å². The van der Waals surface area contributed by atoms with Gasteiger partial charge in [-0.25, -0.2) is 14.8 Å². The number of aromatic carboxylic acids is 1. The van der Waals surface area contributed by atoms with Crippen LogP contribution in [0, 0.1) is 0 Å². The van der Waals surface area contributed by atoms with Crippen molar-refractivity contribution in [2.75, 3.05) is 11.4 Å². The van der Waals surface area contributed by atoms with Crippen molar-refractivity contribution < 1.29 is 19.5 Å². The van der Waals surface area contributed by atoms with E-state index >= 15 is 0 Å². The first-order chi connectivity index (χ1) is 8.49. The molecular formula is C10H10N4O4. The molecule has 1 aliphatic heterocycles. The Balaban J connectivity index is 2.27. The number of anilines is 1. The predicted octanol–water partition coefficient (Wildman–Crippen LogP) is -0.974. The number of hydrogen-bond acceptors (Lipinski definition) is 6. The number of aromatic nitrogens is 2. The van der Waals surface area contributed by atoms with E-state index < -0.39 is 23.8 Å². The second-order valence-corrected chi connectivity index (χ2v) is 3.78. The molecular weight excluding hydrogens is 240 g/mol. The van der Waals surface area contributed by atoms with Crippen LogP contribution in [0.4, 0.5) is 5.82 Å². The van der Waals surface area contributed by atoms with Crippen LogP contribution in [0.5, 0.6) is 0 Å². The molecule has 2 amide bonds. The van der Waals surface area contributed by atoms with E-state index in [1.807, 2.05) is 0 Å². The summed E-state index contributed by atoms with van der Waals surface area (Å²) in [6.45, 7) is 1.60. The van der Waals surface area contributed by atoms with Crippen LogP contribution >= 0.6 is 0 Å². The first-order valence-electron chi connectivity index (χ1n) is 5.14. The van der Waals surface area contributed by atoms with Crippen LogP contribution in [-0.2, 0) is 9.59 Å². The molecule has 2 N–H and O–H groups in total. The Bertz CT molecular complexity index is 513. The number of amides is 2. The zero-order valence-corrected chi connectivity index (χ0v) is 9.45. The summed E-state index contributed by atoms with van der Waals surface area (Å²) in [7, 11) is 0. The van der Waals surface area contributed by atoms with Gasteiger partial charge in [0.25, 0.3) is 0 Å². The Hall–Kier alpha value is -2.51. The van der Waals surface area contributed by atoms with E-state index in [1.165, 1.54) is 11.1 Å². The lowest BCUT2D eigenvalue weighted by molar-refractivity contribution is -0.132. The third kappa shape index (κ3) is 2.12. The van der Waals surface area contributed by atoms with Crippen molar-refractivity contribution in [3.8, 4) is 0 Å². The second-order valence-electron chi connectivity index (χ2n) is 3.78. The van der Waals surface area contributed by atoms with Crippen LogP contribution in [0.3, 0.4) is 0 Å². The van der Waals surface area contributed by atoms with Crippen molar-refractivity contribution in [3.05, 3.63) is 18.1 Å². The van der Waals surface area contributed by atoms with Gasteiger partial charge in [-0.15, -0.1) is 0 Å². The van der Waals surface area contributed by atoms with Gasteiger partial charge in [0.15, 0.2) is 5.69 Å². The average Bonchev–Trinajstić information content (AvgIpc) is 2.34. The Kier molecular flexibility index (Phi) is 2.92. The molecule has 0 saturated carbocycles. The fraction of sp³-hybridized carbons (Fsp3) is 0.300. The Labute approximate surface area is 102 Å². The molecule has 1 fully saturated rings. The molecule has 0 radical (unpaired) electrons. The minimum atomic E-state index is -1.19. The average molecular weight is 250 g/mol. The number of carboxylic acid groups (broad SMARTS) is 1. The molecule has 2 heterocycles. The highest BCUT2D eigenvalue weighted by Crippen LogP contribution is 2.15. The molecule has 0 aliphatic carbocycles. The van der Waals surface area contributed by atoms with Crippen molar-refractivity contribution in [2.24, 2.45) is 0 Å². The molecule has 1 atom stereocenters. The molecule has 1 saturated heterocycles. The molecule has 0 aromatic carbocycles. The lowest BCUT2D eigenvalue weighted by Gasteiger charge is -2.32. The van der Waals surface area contributed by atoms with Crippen LogP contribution < -0.4 is 10.2 Å². The van der Waals surface area contributed by atoms with Gasteiger partial charge in [0.1, 0.15) is 11.9 Å². The van der Waals surface area contributed by atoms with Gasteiger partial charge in [-0.3, -0.25) is 14.9 Å². The summed E-state index contributed by atoms with van der Waals surface area (Å²) in [4.78, 5) is 42.4. The largest absolute Gasteiger partial charge is 0.476 e. The standard InChI is InChI=1S/C10H10N4O4/c1-5-9(16)13-8(15)4-14(5)7-3-11-6(2-12-7)10(17)18/h2-3,5H,4H2,1H3,(H,17,18)(H,13,15,16). The van der Waals surface area contributed by atoms with Crippen molar-refractivity contribution >= 4 is 23.6 Å². The summed E-state index contributed by atoms with van der Waals surface area (Å²) in [6.07, 6.45) is 2.31. The summed E-state index contributed by atoms with van der Waals surface area (Å²) in [5, 5.41) is 10.9. The number of imide groups is 1. The quantitative estimate of drug-likeness (QED) is 0.649. The Morgan fingerprint density at radius 1 is 1.44 bits per heavy atom. The molecule has 1 aliphatic rings. The maximum atomic E-state index is 11.4. The minimum Gasteiger partial charge on any atom is -0.476 e. The molecule has 8 nitrogen and oxygen atoms in total. The summed E-state index contributed by atoms with van der Waals surface area (Å²) in [6, 6.07) is -0.562. The second kappa shape index (κ2) is 4.40. The van der Waals surface area contributed by atoms with E-state index in [2.05, 4.69) is 15.3 Å². The topological polar surface area (TPSA) is 112 Å². The summed E-state index contributed by atoms with van der Waals surface area (Å²) >= 11 is 0. The number of carboxylic acids is 1. The third-order valence-electron chi connectivity index (χ3n) is 2.58. The zero-order valence-electron chi connectivity index (χ0n) is 9.45. The smallest absolute Gasteiger partial charge is 0.356 e. The summed E-state index contributed by atoms with van der Waals surface area (Å²) in [5.74, 6) is -1.75. The van der Waals surface area contributed by atoms with Gasteiger partial charge in [-0.05, 0) is 6.92 Å². The number of nitrogens with zero attached hydrogens (tertiary/aromatic N) is 3. The molecule has 8 heteroatoms. The van der Waals surface area contributed by atoms with Gasteiger partial charge in [0.2, 0.25) is 11.8 Å². The molecule has 1 aromatic heterocycles. The van der Waals surface area contributed by atoms with Gasteiger partial charge in [0, 0.05) is 0 Å². The highest BCUT2D eigenvalue weighted by molar-refractivity contribution is 6.04. The number of carbonyl (C=O) groups excluding carboxylic acids is 2. The maximum Gasteiger partial charge on any atom is 0.356 e. The number of piperazine rings is 1. The first-order valence-corrected chi connectivity index (χ1v) is 5.14. The first kappa shape index (κ1) is 12.0. The number of nitrogens with one attached hydrogen (secondary N) is 1. The van der Waals surface area contributed by atoms with Crippen LogP contribution in [0.15, 0.2) is 12.4 Å². The lowest BCUT2D eigenvalue weighted by atomic mass is 10.2. The summed E-state index contributed by atoms with van der Waals surface area (Å²) in [5.41, 5.74) is -0.195. The van der Waals surface area contributed by atoms with Crippen LogP contribution in [0.2, 0.25) is 0 Å². The van der Waals surface area contributed by atoms with Crippen LogP contribution in [0.25, 0.3) is 0 Å². The molecule has 2 rings (SSSR count). The fourth-order valence-electron chi connectivity index (χ4n) is 1.57. The third-order valence-corrected chi connectivity index (χ3v) is 2.58. The highest BCUT2D eigenvalue weighted by atomic mass is 16.4. The van der Waals surface area contributed by atoms with E-state index in [1.54, 1.807) is 6.92 Å². The van der Waals surface area contributed by atoms with E-state index in [9.17, 15) is 14.4 Å². The lowest BCUT2D eigenvalue weighted by Crippen LogP contribution is -2.57. The van der Waals surface area contributed by atoms with E-state index in [4.69, 9.17) is 5.11 Å². The number of hydrogen-bond donors (Lipinski definition) is 2. The fourth-order valence-corrected chi connectivity index (χ4v) is 1.57. The SMILES string of the molecule is CC1C(=O)NC(=O)CN1c1cnc(C(=O)O)cn1. The number of carbonyl (C=O) groups is 3. The molecule has 0 spiro atoms. The minimum absolute atomic E-state index is 0.0198. The predicted molar refractivity (Wildman–Crippen MR) is 58.9 cm³/mol. The highest BCUT2D eigenvalue weighted by Gasteiger charge is 2.31. The van der Waals surface area contributed by atoms with Gasteiger partial charge in [-0.1, -0.05) is 0 Å². The van der Waals surface area contributed by atoms with Crippen molar-refractivity contribution in [3.63, 3.8) is 0 Å². The van der Waals surface area contributed by atoms with E-state index in [-0.39, 0.29) is 18.1 Å². The van der Waals surface area contributed by atoms with Crippen LogP contribution in [0.1, 0.15) is 17.4 Å². The van der Waals surface area contributed by atoms with Gasteiger partial charge in [-0.2, -0.15) is 0 Å². The molecule has 94 valence electrons. The van der Waals surface area contributed by atoms with E-state index in [0.717, 1.165) is 6.20 Å². The molecule has 1 unspecified atom stereocenters. The van der Waals surface area contributed by atoms with Gasteiger partial charge >= 0.3 is 5.97 Å². The maximum absolute atomic E-state index is 11.4. The Morgan fingerprint density at radius 2 is 2.17 bits per heavy atom. The molecule has 1 aromatic rings. The molecule has 18 heavy (non-hydrogen) atoms. The Morgan fingerprint density at radius 3 is 2.72 bits per heavy atom. The summed E-state index contributed by atoms with van der Waals surface area (Å²) < 4.78 is 0. The zero-order chi connectivity index (χ0) is 13.3.